The molecule has 0 aliphatic rings. The first kappa shape index (κ1) is 17.8. The zero-order chi connectivity index (χ0) is 18.4. The molecule has 6 nitrogen and oxygen atoms in total. The van der Waals surface area contributed by atoms with Crippen LogP contribution in [0.15, 0.2) is 54.2 Å². The monoisotopic (exact) mass is 367 g/mol. The summed E-state index contributed by atoms with van der Waals surface area (Å²) in [7, 11) is 0. The van der Waals surface area contributed by atoms with E-state index in [4.69, 9.17) is 4.74 Å². The lowest BCUT2D eigenvalue weighted by molar-refractivity contribution is -0.115. The summed E-state index contributed by atoms with van der Waals surface area (Å²) in [5, 5.41) is 5.29. The van der Waals surface area contributed by atoms with E-state index in [0.29, 0.717) is 16.3 Å². The number of aromatic nitrogens is 2. The Labute approximate surface area is 154 Å². The van der Waals surface area contributed by atoms with Crippen molar-refractivity contribution in [1.29, 1.82) is 0 Å². The van der Waals surface area contributed by atoms with Crippen LogP contribution in [-0.2, 0) is 22.6 Å². The van der Waals surface area contributed by atoms with Crippen LogP contribution in [0.4, 0.5) is 5.69 Å². The lowest BCUT2D eigenvalue weighted by Crippen LogP contribution is -2.14. The van der Waals surface area contributed by atoms with Gasteiger partial charge in [0.15, 0.2) is 0 Å². The van der Waals surface area contributed by atoms with Gasteiger partial charge in [-0.3, -0.25) is 9.78 Å². The quantitative estimate of drug-likeness (QED) is 0.676. The number of aryl methyl sites for hydroxylation is 1. The fourth-order valence-electron chi connectivity index (χ4n) is 2.19. The number of benzene rings is 1. The molecule has 0 fully saturated rings. The van der Waals surface area contributed by atoms with Crippen molar-refractivity contribution >= 4 is 28.9 Å². The molecule has 0 spiro atoms. The molecule has 26 heavy (non-hydrogen) atoms. The van der Waals surface area contributed by atoms with Crippen LogP contribution < -0.4 is 5.32 Å². The Hall–Kier alpha value is -3.06. The van der Waals surface area contributed by atoms with Gasteiger partial charge in [0.25, 0.3) is 0 Å². The number of nitrogens with one attached hydrogen (secondary N) is 1. The summed E-state index contributed by atoms with van der Waals surface area (Å²) in [6.07, 6.45) is 3.24. The topological polar surface area (TPSA) is 81.2 Å². The van der Waals surface area contributed by atoms with Crippen molar-refractivity contribution in [3.63, 3.8) is 0 Å². The number of pyridine rings is 1. The van der Waals surface area contributed by atoms with Gasteiger partial charge in [-0.05, 0) is 31.2 Å². The highest BCUT2D eigenvalue weighted by Gasteiger charge is 2.11. The number of carbonyl (C=O) groups is 2. The molecule has 0 saturated carbocycles. The average molecular weight is 367 g/mol. The van der Waals surface area contributed by atoms with Crippen LogP contribution in [-0.4, -0.2) is 21.8 Å². The van der Waals surface area contributed by atoms with Crippen LogP contribution in [0.1, 0.15) is 26.6 Å². The minimum Gasteiger partial charge on any atom is -0.456 e. The number of nitrogens with zero attached hydrogens (tertiary/aromatic N) is 2. The maximum absolute atomic E-state index is 12.1. The summed E-state index contributed by atoms with van der Waals surface area (Å²) in [6.45, 7) is 2.06. The van der Waals surface area contributed by atoms with Gasteiger partial charge in [0.2, 0.25) is 5.91 Å². The summed E-state index contributed by atoms with van der Waals surface area (Å²) in [5.41, 5.74) is 2.95. The second-order valence-electron chi connectivity index (χ2n) is 5.64. The third-order valence-corrected chi connectivity index (χ3v) is 4.41. The number of esters is 1. The molecule has 0 bridgehead atoms. The van der Waals surface area contributed by atoms with E-state index in [1.165, 1.54) is 23.7 Å². The van der Waals surface area contributed by atoms with Gasteiger partial charge in [0.05, 0.1) is 17.7 Å². The summed E-state index contributed by atoms with van der Waals surface area (Å²) in [6, 6.07) is 10.8. The molecule has 132 valence electrons. The summed E-state index contributed by atoms with van der Waals surface area (Å²) < 4.78 is 5.22. The Balaban J connectivity index is 1.50. The van der Waals surface area contributed by atoms with E-state index in [-0.39, 0.29) is 18.9 Å². The van der Waals surface area contributed by atoms with Crippen molar-refractivity contribution in [2.75, 3.05) is 5.32 Å². The lowest BCUT2D eigenvalue weighted by atomic mass is 10.2. The van der Waals surface area contributed by atoms with E-state index in [9.17, 15) is 9.59 Å². The molecule has 0 atom stereocenters. The van der Waals surface area contributed by atoms with Gasteiger partial charge < -0.3 is 10.1 Å². The van der Waals surface area contributed by atoms with Gasteiger partial charge in [0.1, 0.15) is 11.6 Å². The van der Waals surface area contributed by atoms with Gasteiger partial charge in [-0.25, -0.2) is 9.78 Å². The normalized spacial score (nSPS) is 10.3. The third kappa shape index (κ3) is 4.97. The molecule has 2 aromatic heterocycles. The van der Waals surface area contributed by atoms with Crippen molar-refractivity contribution < 1.29 is 14.3 Å². The minimum absolute atomic E-state index is 0.0667. The Kier molecular flexibility index (Phi) is 5.70. The predicted molar refractivity (Wildman–Crippen MR) is 99.0 cm³/mol. The summed E-state index contributed by atoms with van der Waals surface area (Å²) in [4.78, 5) is 32.2. The molecule has 2 heterocycles. The van der Waals surface area contributed by atoms with E-state index in [1.54, 1.807) is 17.5 Å². The first-order valence-corrected chi connectivity index (χ1v) is 8.85. The Bertz CT molecular complexity index is 892. The minimum atomic E-state index is -0.431. The highest BCUT2D eigenvalue weighted by atomic mass is 32.1. The number of hydrogen-bond donors (Lipinski definition) is 1. The van der Waals surface area contributed by atoms with E-state index >= 15 is 0 Å². The first-order chi connectivity index (χ1) is 12.6. The molecule has 1 N–H and O–H groups in total. The van der Waals surface area contributed by atoms with Crippen molar-refractivity contribution in [2.24, 2.45) is 0 Å². The fourth-order valence-corrected chi connectivity index (χ4v) is 2.96. The maximum atomic E-state index is 12.1. The van der Waals surface area contributed by atoms with E-state index in [1.807, 2.05) is 31.2 Å². The molecule has 3 aromatic rings. The average Bonchev–Trinajstić information content (AvgIpc) is 3.09. The van der Waals surface area contributed by atoms with Crippen molar-refractivity contribution in [3.05, 3.63) is 76.0 Å². The van der Waals surface area contributed by atoms with Crippen LogP contribution in [0, 0.1) is 6.92 Å². The van der Waals surface area contributed by atoms with E-state index in [2.05, 4.69) is 15.3 Å². The molecular weight excluding hydrogens is 350 g/mol. The molecule has 0 aliphatic heterocycles. The van der Waals surface area contributed by atoms with Crippen LogP contribution in [0.5, 0.6) is 0 Å². The smallest absolute Gasteiger partial charge is 0.338 e. The summed E-state index contributed by atoms with van der Waals surface area (Å²) in [5.74, 6) is -0.567. The first-order valence-electron chi connectivity index (χ1n) is 7.97. The van der Waals surface area contributed by atoms with E-state index in [0.717, 1.165) is 11.3 Å². The highest BCUT2D eigenvalue weighted by molar-refractivity contribution is 7.09. The standard InChI is InChI=1S/C19H17N3O3S/c1-13-2-4-15(5-3-13)21-17(23)10-18-22-16(12-26-18)11-25-19(24)14-6-8-20-9-7-14/h2-9,12H,10-11H2,1H3,(H,21,23). The van der Waals surface area contributed by atoms with Gasteiger partial charge in [-0.15, -0.1) is 11.3 Å². The number of rotatable bonds is 6. The number of anilines is 1. The zero-order valence-electron chi connectivity index (χ0n) is 14.1. The Morgan fingerprint density at radius 3 is 2.58 bits per heavy atom. The third-order valence-electron chi connectivity index (χ3n) is 3.51. The predicted octanol–water partition coefficient (Wildman–Crippen LogP) is 3.38. The largest absolute Gasteiger partial charge is 0.456 e. The van der Waals surface area contributed by atoms with E-state index < -0.39 is 5.97 Å². The Morgan fingerprint density at radius 2 is 1.85 bits per heavy atom. The van der Waals surface area contributed by atoms with Crippen LogP contribution in [0.3, 0.4) is 0 Å². The summed E-state index contributed by atoms with van der Waals surface area (Å²) >= 11 is 1.37. The SMILES string of the molecule is Cc1ccc(NC(=O)Cc2nc(COC(=O)c3ccncc3)cs2)cc1. The second-order valence-corrected chi connectivity index (χ2v) is 6.58. The highest BCUT2D eigenvalue weighted by Crippen LogP contribution is 2.14. The molecule has 0 unspecified atom stereocenters. The van der Waals surface area contributed by atoms with Crippen LogP contribution >= 0.6 is 11.3 Å². The Morgan fingerprint density at radius 1 is 1.12 bits per heavy atom. The molecular formula is C19H17N3O3S. The van der Waals surface area contributed by atoms with Gasteiger partial charge in [0, 0.05) is 23.5 Å². The number of thiazole rings is 1. The number of ether oxygens (including phenoxy) is 1. The molecule has 7 heteroatoms. The number of carbonyl (C=O) groups excluding carboxylic acids is 2. The zero-order valence-corrected chi connectivity index (χ0v) is 15.0. The second kappa shape index (κ2) is 8.35. The molecule has 0 saturated heterocycles. The van der Waals surface area contributed by atoms with Gasteiger partial charge >= 0.3 is 5.97 Å². The van der Waals surface area contributed by atoms with Gasteiger partial charge in [-0.2, -0.15) is 0 Å². The molecule has 3 rings (SSSR count). The van der Waals surface area contributed by atoms with Crippen LogP contribution in [0.25, 0.3) is 0 Å². The van der Waals surface area contributed by atoms with Crippen molar-refractivity contribution in [1.82, 2.24) is 9.97 Å². The molecule has 1 aromatic carbocycles. The lowest BCUT2D eigenvalue weighted by Gasteiger charge is -2.04. The number of amides is 1. The van der Waals surface area contributed by atoms with Gasteiger partial charge in [-0.1, -0.05) is 17.7 Å². The molecule has 0 radical (unpaired) electrons. The van der Waals surface area contributed by atoms with Crippen molar-refractivity contribution in [3.8, 4) is 0 Å². The molecule has 0 aliphatic carbocycles. The van der Waals surface area contributed by atoms with Crippen molar-refractivity contribution in [2.45, 2.75) is 20.0 Å². The molecule has 1 amide bonds. The number of hydrogen-bond acceptors (Lipinski definition) is 6. The maximum Gasteiger partial charge on any atom is 0.338 e. The fraction of sp³-hybridized carbons (Fsp3) is 0.158. The van der Waals surface area contributed by atoms with Crippen LogP contribution in [0.2, 0.25) is 0 Å².